The van der Waals surface area contributed by atoms with Crippen LogP contribution in [0.5, 0.6) is 5.75 Å². The molecule has 7 heteroatoms. The summed E-state index contributed by atoms with van der Waals surface area (Å²) in [6, 6.07) is 8.04. The molecule has 2 aromatic rings. The van der Waals surface area contributed by atoms with E-state index in [9.17, 15) is 0 Å². The fourth-order valence-electron chi connectivity index (χ4n) is 2.30. The zero-order chi connectivity index (χ0) is 17.5. The van der Waals surface area contributed by atoms with E-state index in [1.807, 2.05) is 33.0 Å². The molecule has 0 aliphatic rings. The third-order valence-corrected chi connectivity index (χ3v) is 3.71. The van der Waals surface area contributed by atoms with Crippen molar-refractivity contribution in [2.45, 2.75) is 33.9 Å². The van der Waals surface area contributed by atoms with Gasteiger partial charge in [0.15, 0.2) is 5.96 Å². The Morgan fingerprint density at radius 1 is 1.28 bits per heavy atom. The Kier molecular flexibility index (Phi) is 8.74. The second-order valence-electron chi connectivity index (χ2n) is 5.62. The van der Waals surface area contributed by atoms with E-state index in [1.165, 1.54) is 5.56 Å². The third-order valence-electron chi connectivity index (χ3n) is 3.71. The van der Waals surface area contributed by atoms with Gasteiger partial charge >= 0.3 is 0 Å². The van der Waals surface area contributed by atoms with Crippen LogP contribution in [-0.4, -0.2) is 36.5 Å². The van der Waals surface area contributed by atoms with Gasteiger partial charge in [0.05, 0.1) is 12.8 Å². The van der Waals surface area contributed by atoms with Crippen molar-refractivity contribution in [3.05, 3.63) is 47.2 Å². The molecule has 1 aromatic heterocycles. The van der Waals surface area contributed by atoms with Crippen LogP contribution in [0.15, 0.2) is 33.7 Å². The van der Waals surface area contributed by atoms with Gasteiger partial charge in [0.25, 0.3) is 0 Å². The van der Waals surface area contributed by atoms with Crippen molar-refractivity contribution in [2.24, 2.45) is 4.99 Å². The van der Waals surface area contributed by atoms with E-state index in [0.29, 0.717) is 12.4 Å². The van der Waals surface area contributed by atoms with Crippen LogP contribution in [0.4, 0.5) is 0 Å². The van der Waals surface area contributed by atoms with E-state index in [1.54, 1.807) is 7.11 Å². The van der Waals surface area contributed by atoms with E-state index in [0.717, 1.165) is 36.3 Å². The highest BCUT2D eigenvalue weighted by Crippen LogP contribution is 2.13. The lowest BCUT2D eigenvalue weighted by Crippen LogP contribution is -2.38. The number of aromatic nitrogens is 1. The van der Waals surface area contributed by atoms with Crippen LogP contribution >= 0.6 is 24.0 Å². The Hall–Kier alpha value is -1.77. The normalized spacial score (nSPS) is 11.0. The first-order valence-electron chi connectivity index (χ1n) is 8.08. The average Bonchev–Trinajstić information content (AvgIpc) is 2.90. The Morgan fingerprint density at radius 3 is 2.48 bits per heavy atom. The highest BCUT2D eigenvalue weighted by atomic mass is 127. The molecule has 6 nitrogen and oxygen atoms in total. The molecule has 0 atom stereocenters. The molecule has 0 amide bonds. The fourth-order valence-corrected chi connectivity index (χ4v) is 2.30. The van der Waals surface area contributed by atoms with Crippen molar-refractivity contribution in [1.82, 2.24) is 15.2 Å². The van der Waals surface area contributed by atoms with Gasteiger partial charge in [0.2, 0.25) is 5.89 Å². The zero-order valence-electron chi connectivity index (χ0n) is 15.5. The minimum absolute atomic E-state index is 0. The first kappa shape index (κ1) is 21.3. The molecular weight excluding hydrogens is 431 g/mol. The number of benzene rings is 1. The van der Waals surface area contributed by atoms with Gasteiger partial charge in [0.1, 0.15) is 18.1 Å². The molecule has 2 rings (SSSR count). The average molecular weight is 458 g/mol. The predicted molar refractivity (Wildman–Crippen MR) is 111 cm³/mol. The summed E-state index contributed by atoms with van der Waals surface area (Å²) in [4.78, 5) is 11.1. The second kappa shape index (κ2) is 10.3. The highest BCUT2D eigenvalue weighted by molar-refractivity contribution is 14.0. The summed E-state index contributed by atoms with van der Waals surface area (Å²) < 4.78 is 10.8. The number of aliphatic imine (C=N–C) groups is 1. The van der Waals surface area contributed by atoms with E-state index in [2.05, 4.69) is 39.2 Å². The number of nitrogens with one attached hydrogen (secondary N) is 1. The van der Waals surface area contributed by atoms with Crippen LogP contribution in [0.2, 0.25) is 0 Å². The van der Waals surface area contributed by atoms with Crippen molar-refractivity contribution in [3.63, 3.8) is 0 Å². The number of aryl methyl sites for hydroxylation is 2. The molecule has 0 fully saturated rings. The van der Waals surface area contributed by atoms with E-state index < -0.39 is 0 Å². The molecule has 0 saturated carbocycles. The van der Waals surface area contributed by atoms with Crippen molar-refractivity contribution in [3.8, 4) is 5.75 Å². The first-order valence-corrected chi connectivity index (χ1v) is 8.08. The number of nitrogens with zero attached hydrogens (tertiary/aromatic N) is 3. The molecule has 1 heterocycles. The van der Waals surface area contributed by atoms with Crippen LogP contribution in [-0.2, 0) is 13.1 Å². The lowest BCUT2D eigenvalue weighted by molar-refractivity contribution is 0.414. The number of oxazole rings is 1. The van der Waals surface area contributed by atoms with Crippen molar-refractivity contribution < 1.29 is 9.15 Å². The van der Waals surface area contributed by atoms with Crippen molar-refractivity contribution in [2.75, 3.05) is 20.7 Å². The van der Waals surface area contributed by atoms with Gasteiger partial charge in [0, 0.05) is 20.1 Å². The number of hydrogen-bond donors (Lipinski definition) is 1. The summed E-state index contributed by atoms with van der Waals surface area (Å²) in [5, 5.41) is 3.30. The molecule has 1 aromatic carbocycles. The second-order valence-corrected chi connectivity index (χ2v) is 5.62. The van der Waals surface area contributed by atoms with Gasteiger partial charge in [-0.25, -0.2) is 9.98 Å². The quantitative estimate of drug-likeness (QED) is 0.408. The van der Waals surface area contributed by atoms with Crippen LogP contribution in [0, 0.1) is 13.8 Å². The smallest absolute Gasteiger partial charge is 0.216 e. The lowest BCUT2D eigenvalue weighted by atomic mass is 10.2. The Bertz CT molecular complexity index is 663. The largest absolute Gasteiger partial charge is 0.497 e. The molecule has 0 unspecified atom stereocenters. The van der Waals surface area contributed by atoms with Gasteiger partial charge < -0.3 is 19.4 Å². The van der Waals surface area contributed by atoms with E-state index in [4.69, 9.17) is 9.15 Å². The molecule has 1 N–H and O–H groups in total. The highest BCUT2D eigenvalue weighted by Gasteiger charge is 2.09. The molecule has 0 aliphatic carbocycles. The topological polar surface area (TPSA) is 62.9 Å². The Balaban J connectivity index is 0.00000312. The number of rotatable bonds is 6. The van der Waals surface area contributed by atoms with Gasteiger partial charge in [-0.1, -0.05) is 12.1 Å². The molecule has 0 saturated heterocycles. The number of hydrogen-bond acceptors (Lipinski definition) is 4. The van der Waals surface area contributed by atoms with Crippen molar-refractivity contribution in [1.29, 1.82) is 0 Å². The molecular formula is C18H27IN4O2. The van der Waals surface area contributed by atoms with E-state index >= 15 is 0 Å². The molecule has 25 heavy (non-hydrogen) atoms. The summed E-state index contributed by atoms with van der Waals surface area (Å²) in [6.07, 6.45) is 0. The standard InChI is InChI=1S/C18H26N4O2.HI/c1-6-19-18(20-11-17-21-13(2)14(3)24-17)22(4)12-15-7-9-16(23-5)10-8-15;/h7-10H,6,11-12H2,1-5H3,(H,19,20);1H. The van der Waals surface area contributed by atoms with Gasteiger partial charge in [-0.15, -0.1) is 24.0 Å². The van der Waals surface area contributed by atoms with Crippen LogP contribution < -0.4 is 10.1 Å². The number of ether oxygens (including phenoxy) is 1. The third kappa shape index (κ3) is 6.22. The van der Waals surface area contributed by atoms with Gasteiger partial charge in [-0.2, -0.15) is 0 Å². The number of halogens is 1. The van der Waals surface area contributed by atoms with Gasteiger partial charge in [-0.3, -0.25) is 0 Å². The molecule has 0 spiro atoms. The predicted octanol–water partition coefficient (Wildman–Crippen LogP) is 3.52. The monoisotopic (exact) mass is 458 g/mol. The van der Waals surface area contributed by atoms with Crippen molar-refractivity contribution >= 4 is 29.9 Å². The Labute approximate surface area is 166 Å². The molecule has 0 aliphatic heterocycles. The summed E-state index contributed by atoms with van der Waals surface area (Å²) in [7, 11) is 3.68. The maximum atomic E-state index is 5.59. The minimum Gasteiger partial charge on any atom is -0.497 e. The summed E-state index contributed by atoms with van der Waals surface area (Å²) in [6.45, 7) is 7.87. The molecule has 0 bridgehead atoms. The molecule has 0 radical (unpaired) electrons. The fraction of sp³-hybridized carbons (Fsp3) is 0.444. The maximum Gasteiger partial charge on any atom is 0.216 e. The SMILES string of the molecule is CCNC(=NCc1nc(C)c(C)o1)N(C)Cc1ccc(OC)cc1.I. The van der Waals surface area contributed by atoms with Crippen LogP contribution in [0.25, 0.3) is 0 Å². The maximum absolute atomic E-state index is 5.59. The summed E-state index contributed by atoms with van der Waals surface area (Å²) in [5.74, 6) is 3.16. The van der Waals surface area contributed by atoms with Gasteiger partial charge in [-0.05, 0) is 38.5 Å². The first-order chi connectivity index (χ1) is 11.5. The van der Waals surface area contributed by atoms with Crippen LogP contribution in [0.1, 0.15) is 29.8 Å². The minimum atomic E-state index is 0. The number of guanidine groups is 1. The zero-order valence-corrected chi connectivity index (χ0v) is 17.8. The lowest BCUT2D eigenvalue weighted by Gasteiger charge is -2.22. The summed E-state index contributed by atoms with van der Waals surface area (Å²) in [5.41, 5.74) is 2.10. The summed E-state index contributed by atoms with van der Waals surface area (Å²) >= 11 is 0. The molecule has 138 valence electrons. The van der Waals surface area contributed by atoms with Crippen LogP contribution in [0.3, 0.4) is 0 Å². The van der Waals surface area contributed by atoms with E-state index in [-0.39, 0.29) is 24.0 Å². The Morgan fingerprint density at radius 2 is 1.96 bits per heavy atom. The number of methoxy groups -OCH3 is 1.